The summed E-state index contributed by atoms with van der Waals surface area (Å²) in [6, 6.07) is 5.55. The molecule has 0 saturated heterocycles. The molecule has 0 N–H and O–H groups in total. The first kappa shape index (κ1) is 12.0. The number of hydrogen-bond donors (Lipinski definition) is 1. The molecule has 0 saturated carbocycles. The number of esters is 1. The second-order valence-electron chi connectivity index (χ2n) is 3.87. The molecule has 0 atom stereocenters. The number of rotatable bonds is 2. The third-order valence-corrected chi connectivity index (χ3v) is 3.06. The van der Waals surface area contributed by atoms with Gasteiger partial charge in [0.05, 0.1) is 7.11 Å². The van der Waals surface area contributed by atoms with Gasteiger partial charge in [-0.3, -0.25) is 9.59 Å². The molecule has 0 aromatic heterocycles. The highest BCUT2D eigenvalue weighted by Crippen LogP contribution is 2.29. The van der Waals surface area contributed by atoms with Crippen molar-refractivity contribution in [1.82, 2.24) is 0 Å². The van der Waals surface area contributed by atoms with Crippen molar-refractivity contribution in [3.8, 4) is 0 Å². The fraction of sp³-hybridized carbons (Fsp3) is 0.333. The number of ether oxygens (including phenoxy) is 1. The van der Waals surface area contributed by atoms with Crippen molar-refractivity contribution in [3.05, 3.63) is 23.8 Å². The van der Waals surface area contributed by atoms with Crippen molar-refractivity contribution in [1.29, 1.82) is 0 Å². The summed E-state index contributed by atoms with van der Waals surface area (Å²) < 4.78 is 4.59. The minimum Gasteiger partial charge on any atom is -0.468 e. The summed E-state index contributed by atoms with van der Waals surface area (Å²) in [7, 11) is 1.31. The Morgan fingerprint density at radius 3 is 2.94 bits per heavy atom. The Kier molecular flexibility index (Phi) is 3.38. The van der Waals surface area contributed by atoms with Crippen molar-refractivity contribution < 1.29 is 14.3 Å². The summed E-state index contributed by atoms with van der Waals surface area (Å²) in [6.45, 7) is -0.0335. The molecule has 1 amide bonds. The van der Waals surface area contributed by atoms with Crippen molar-refractivity contribution in [2.24, 2.45) is 0 Å². The molecule has 0 spiro atoms. The standard InChI is InChI=1S/C12H13NO3S/c1-16-12(15)7-13-10-4-3-9(17)6-8(10)2-5-11(13)14/h3-4,6,17H,2,5,7H2,1H3. The molecule has 0 fully saturated rings. The van der Waals surface area contributed by atoms with Gasteiger partial charge in [-0.15, -0.1) is 12.6 Å². The van der Waals surface area contributed by atoms with Crippen LogP contribution in [0.1, 0.15) is 12.0 Å². The van der Waals surface area contributed by atoms with Crippen LogP contribution in [0.3, 0.4) is 0 Å². The third-order valence-electron chi connectivity index (χ3n) is 2.78. The van der Waals surface area contributed by atoms with Crippen LogP contribution in [0.4, 0.5) is 5.69 Å². The highest BCUT2D eigenvalue weighted by molar-refractivity contribution is 7.80. The van der Waals surface area contributed by atoms with E-state index in [1.807, 2.05) is 18.2 Å². The number of aryl methyl sites for hydroxylation is 1. The number of anilines is 1. The maximum atomic E-state index is 11.8. The maximum Gasteiger partial charge on any atom is 0.325 e. The minimum atomic E-state index is -0.416. The van der Waals surface area contributed by atoms with Gasteiger partial charge in [0.15, 0.2) is 0 Å². The molecule has 1 aromatic carbocycles. The van der Waals surface area contributed by atoms with Gasteiger partial charge in [0.25, 0.3) is 0 Å². The van der Waals surface area contributed by atoms with E-state index in [4.69, 9.17) is 0 Å². The molecular formula is C12H13NO3S. The highest BCUT2D eigenvalue weighted by Gasteiger charge is 2.26. The third kappa shape index (κ3) is 2.44. The molecule has 90 valence electrons. The van der Waals surface area contributed by atoms with Crippen LogP contribution in [0.5, 0.6) is 0 Å². The Bertz CT molecular complexity index is 473. The number of carbonyl (C=O) groups is 2. The number of thiol groups is 1. The van der Waals surface area contributed by atoms with E-state index in [2.05, 4.69) is 17.4 Å². The molecule has 1 aromatic rings. The lowest BCUT2D eigenvalue weighted by molar-refractivity contribution is -0.140. The Labute approximate surface area is 105 Å². The minimum absolute atomic E-state index is 0.0335. The number of hydrogen-bond acceptors (Lipinski definition) is 4. The van der Waals surface area contributed by atoms with Gasteiger partial charge in [-0.2, -0.15) is 0 Å². The van der Waals surface area contributed by atoms with Gasteiger partial charge in [0.1, 0.15) is 6.54 Å². The van der Waals surface area contributed by atoms with E-state index in [9.17, 15) is 9.59 Å². The van der Waals surface area contributed by atoms with Crippen LogP contribution >= 0.6 is 12.6 Å². The van der Waals surface area contributed by atoms with Crippen LogP contribution in [0.25, 0.3) is 0 Å². The summed E-state index contributed by atoms with van der Waals surface area (Å²) in [6.07, 6.45) is 1.11. The van der Waals surface area contributed by atoms with Gasteiger partial charge in [-0.1, -0.05) is 0 Å². The van der Waals surface area contributed by atoms with Gasteiger partial charge in [-0.25, -0.2) is 0 Å². The number of fused-ring (bicyclic) bond motifs is 1. The zero-order valence-electron chi connectivity index (χ0n) is 9.47. The van der Waals surface area contributed by atoms with Crippen molar-refractivity contribution in [2.75, 3.05) is 18.6 Å². The number of benzene rings is 1. The first-order valence-electron chi connectivity index (χ1n) is 5.31. The van der Waals surface area contributed by atoms with Crippen LogP contribution in [0.15, 0.2) is 23.1 Å². The van der Waals surface area contributed by atoms with Crippen molar-refractivity contribution >= 4 is 30.2 Å². The normalized spacial score (nSPS) is 14.5. The summed E-state index contributed by atoms with van der Waals surface area (Å²) in [5.74, 6) is -0.462. The maximum absolute atomic E-state index is 11.8. The van der Waals surface area contributed by atoms with Gasteiger partial charge < -0.3 is 9.64 Å². The van der Waals surface area contributed by atoms with E-state index >= 15 is 0 Å². The van der Waals surface area contributed by atoms with Gasteiger partial charge >= 0.3 is 5.97 Å². The second kappa shape index (κ2) is 4.79. The molecule has 0 radical (unpaired) electrons. The van der Waals surface area contributed by atoms with Gasteiger partial charge in [0.2, 0.25) is 5.91 Å². The smallest absolute Gasteiger partial charge is 0.325 e. The summed E-state index contributed by atoms with van der Waals surface area (Å²) >= 11 is 4.26. The predicted octanol–water partition coefficient (Wildman–Crippen LogP) is 1.43. The van der Waals surface area contributed by atoms with Crippen LogP contribution in [0, 0.1) is 0 Å². The van der Waals surface area contributed by atoms with Crippen molar-refractivity contribution in [2.45, 2.75) is 17.7 Å². The number of nitrogens with zero attached hydrogens (tertiary/aromatic N) is 1. The van der Waals surface area contributed by atoms with E-state index in [1.165, 1.54) is 12.0 Å². The second-order valence-corrected chi connectivity index (χ2v) is 4.39. The summed E-state index contributed by atoms with van der Waals surface area (Å²) in [5, 5.41) is 0. The van der Waals surface area contributed by atoms with Crippen LogP contribution < -0.4 is 4.90 Å². The molecular weight excluding hydrogens is 238 g/mol. The molecule has 2 rings (SSSR count). The lowest BCUT2D eigenvalue weighted by Gasteiger charge is -2.28. The first-order chi connectivity index (χ1) is 8.11. The summed E-state index contributed by atoms with van der Waals surface area (Å²) in [4.78, 5) is 25.4. The Morgan fingerprint density at radius 2 is 2.24 bits per heavy atom. The average molecular weight is 251 g/mol. The fourth-order valence-electron chi connectivity index (χ4n) is 1.91. The highest BCUT2D eigenvalue weighted by atomic mass is 32.1. The monoisotopic (exact) mass is 251 g/mol. The summed E-state index contributed by atoms with van der Waals surface area (Å²) in [5.41, 5.74) is 1.82. The SMILES string of the molecule is COC(=O)CN1C(=O)CCc2cc(S)ccc21. The van der Waals surface area contributed by atoms with E-state index in [0.29, 0.717) is 12.8 Å². The zero-order chi connectivity index (χ0) is 12.4. The lowest BCUT2D eigenvalue weighted by Crippen LogP contribution is -2.39. The molecule has 1 heterocycles. The fourth-order valence-corrected chi connectivity index (χ4v) is 2.14. The molecule has 0 aliphatic carbocycles. The quantitative estimate of drug-likeness (QED) is 0.639. The number of amides is 1. The molecule has 1 aliphatic rings. The van der Waals surface area contributed by atoms with E-state index in [1.54, 1.807) is 0 Å². The average Bonchev–Trinajstić information content (AvgIpc) is 2.32. The van der Waals surface area contributed by atoms with E-state index in [0.717, 1.165) is 16.1 Å². The molecule has 0 bridgehead atoms. The molecule has 1 aliphatic heterocycles. The Morgan fingerprint density at radius 1 is 1.47 bits per heavy atom. The topological polar surface area (TPSA) is 46.6 Å². The van der Waals surface area contributed by atoms with Crippen molar-refractivity contribution in [3.63, 3.8) is 0 Å². The molecule has 17 heavy (non-hydrogen) atoms. The van der Waals surface area contributed by atoms with Gasteiger partial charge in [-0.05, 0) is 30.2 Å². The number of methoxy groups -OCH3 is 1. The predicted molar refractivity (Wildman–Crippen MR) is 66.4 cm³/mol. The van der Waals surface area contributed by atoms with E-state index < -0.39 is 5.97 Å². The van der Waals surface area contributed by atoms with Crippen LogP contribution in [-0.2, 0) is 20.7 Å². The molecule has 0 unspecified atom stereocenters. The number of carbonyl (C=O) groups excluding carboxylic acids is 2. The van der Waals surface area contributed by atoms with E-state index in [-0.39, 0.29) is 12.5 Å². The molecule has 4 nitrogen and oxygen atoms in total. The largest absolute Gasteiger partial charge is 0.468 e. The molecule has 5 heteroatoms. The Hall–Kier alpha value is -1.49. The van der Waals surface area contributed by atoms with Crippen LogP contribution in [-0.4, -0.2) is 25.5 Å². The zero-order valence-corrected chi connectivity index (χ0v) is 10.4. The Balaban J connectivity index is 2.33. The lowest BCUT2D eigenvalue weighted by atomic mass is 10.0. The first-order valence-corrected chi connectivity index (χ1v) is 5.75. The van der Waals surface area contributed by atoms with Crippen LogP contribution in [0.2, 0.25) is 0 Å². The van der Waals surface area contributed by atoms with Gasteiger partial charge in [0, 0.05) is 17.0 Å².